The van der Waals surface area contributed by atoms with Crippen LogP contribution < -0.4 is 9.47 Å². The summed E-state index contributed by atoms with van der Waals surface area (Å²) in [6.07, 6.45) is 3.98. The summed E-state index contributed by atoms with van der Waals surface area (Å²) in [6, 6.07) is 13.7. The summed E-state index contributed by atoms with van der Waals surface area (Å²) in [4.78, 5) is 11.2. The predicted molar refractivity (Wildman–Crippen MR) is 171 cm³/mol. The summed E-state index contributed by atoms with van der Waals surface area (Å²) < 4.78 is 54.0. The van der Waals surface area contributed by atoms with E-state index >= 15 is 0 Å². The first-order chi connectivity index (χ1) is 21.0. The highest BCUT2D eigenvalue weighted by Gasteiger charge is 2.30. The molecule has 0 amide bonds. The second-order valence-electron chi connectivity index (χ2n) is 12.5. The normalized spacial score (nSPS) is 21.1. The van der Waals surface area contributed by atoms with Gasteiger partial charge < -0.3 is 14.2 Å². The zero-order valence-electron chi connectivity index (χ0n) is 26.4. The number of hydrogen-bond donors (Lipinski definition) is 0. The first kappa shape index (κ1) is 32.0. The lowest BCUT2D eigenvalue weighted by atomic mass is 9.89. The Balaban J connectivity index is 0.000000215. The average Bonchev–Trinajstić information content (AvgIpc) is 3.69. The van der Waals surface area contributed by atoms with Crippen LogP contribution in [0.3, 0.4) is 0 Å². The Hall–Kier alpha value is -3.39. The first-order valence-corrected chi connectivity index (χ1v) is 17.4. The van der Waals surface area contributed by atoms with Gasteiger partial charge in [0, 0.05) is 17.4 Å². The van der Waals surface area contributed by atoms with E-state index in [1.54, 1.807) is 6.07 Å². The molecule has 6 nitrogen and oxygen atoms in total. The van der Waals surface area contributed by atoms with E-state index in [-0.39, 0.29) is 35.1 Å². The van der Waals surface area contributed by atoms with Crippen LogP contribution >= 0.6 is 0 Å². The van der Waals surface area contributed by atoms with E-state index in [0.717, 1.165) is 69.7 Å². The number of rotatable bonds is 7. The van der Waals surface area contributed by atoms with Gasteiger partial charge in [-0.25, -0.2) is 12.8 Å². The predicted octanol–water partition coefficient (Wildman–Crippen LogP) is 7.40. The van der Waals surface area contributed by atoms with Gasteiger partial charge in [-0.2, -0.15) is 0 Å². The zero-order valence-corrected chi connectivity index (χ0v) is 27.2. The van der Waals surface area contributed by atoms with Crippen molar-refractivity contribution in [2.45, 2.75) is 71.6 Å². The van der Waals surface area contributed by atoms with Crippen molar-refractivity contribution in [3.8, 4) is 22.6 Å². The number of carbonyl (C=O) groups excluding carboxylic acids is 1. The highest BCUT2D eigenvalue weighted by atomic mass is 32.2. The molecular weight excluding hydrogens is 579 g/mol. The molecule has 6 rings (SSSR count). The Labute approximate surface area is 260 Å². The lowest BCUT2D eigenvalue weighted by molar-refractivity contribution is -0.141. The monoisotopic (exact) mass is 622 g/mol. The lowest BCUT2D eigenvalue weighted by Crippen LogP contribution is -2.13. The maximum absolute atomic E-state index is 14.5. The molecule has 2 heterocycles. The summed E-state index contributed by atoms with van der Waals surface area (Å²) >= 11 is 0. The SMILES string of the molecule is CC[C@@H]1CCc2c(-c3c(C)cc(OC[C@@H]4CCS(=O)(=O)C4)cc3C)ccc(F)c21.COC(=O)C[C@@H]1COc2cc(C)ccc21. The van der Waals surface area contributed by atoms with E-state index in [1.165, 1.54) is 12.7 Å². The van der Waals surface area contributed by atoms with Crippen molar-refractivity contribution in [1.29, 1.82) is 0 Å². The van der Waals surface area contributed by atoms with Crippen molar-refractivity contribution in [3.63, 3.8) is 0 Å². The van der Waals surface area contributed by atoms with Gasteiger partial charge in [0.05, 0.1) is 38.3 Å². The average molecular weight is 623 g/mol. The number of ether oxygens (including phenoxy) is 3. The van der Waals surface area contributed by atoms with Crippen LogP contribution in [-0.4, -0.2) is 46.2 Å². The molecule has 0 aromatic heterocycles. The Morgan fingerprint density at radius 3 is 2.43 bits per heavy atom. The van der Waals surface area contributed by atoms with E-state index < -0.39 is 9.84 Å². The number of hydrogen-bond acceptors (Lipinski definition) is 6. The first-order valence-electron chi connectivity index (χ1n) is 15.6. The standard InChI is InChI=1S/C24H29FO3S.C12H14O3/c1-4-18-5-6-21-20(7-8-22(25)24(18)21)23-15(2)11-19(12-16(23)3)28-13-17-9-10-29(26,27)14-17;1-8-3-4-10-9(6-12(13)14-2)7-15-11(10)5-8/h7-8,11-12,17-18H,4-6,9-10,13-14H2,1-3H3;3-5,9H,6-7H2,1-2H3/t17-,18+;9-/m01/s1. The van der Waals surface area contributed by atoms with Crippen LogP contribution in [0.1, 0.15) is 77.8 Å². The topological polar surface area (TPSA) is 78.9 Å². The van der Waals surface area contributed by atoms with E-state index in [1.807, 2.05) is 43.3 Å². The van der Waals surface area contributed by atoms with Crippen molar-refractivity contribution >= 4 is 15.8 Å². The van der Waals surface area contributed by atoms with Crippen LogP contribution in [0.15, 0.2) is 42.5 Å². The molecular formula is C36H43FO6S. The van der Waals surface area contributed by atoms with Crippen LogP contribution in [0.2, 0.25) is 0 Å². The van der Waals surface area contributed by atoms with Gasteiger partial charge >= 0.3 is 5.97 Å². The second kappa shape index (κ2) is 13.3. The molecule has 0 radical (unpaired) electrons. The van der Waals surface area contributed by atoms with Gasteiger partial charge in [-0.1, -0.05) is 25.1 Å². The summed E-state index contributed by atoms with van der Waals surface area (Å²) in [5.41, 5.74) is 8.87. The van der Waals surface area contributed by atoms with Gasteiger partial charge in [-0.3, -0.25) is 4.79 Å². The van der Waals surface area contributed by atoms with E-state index in [4.69, 9.17) is 9.47 Å². The Kier molecular flexibility index (Phi) is 9.68. The number of halogens is 1. The molecule has 3 aliphatic rings. The quantitative estimate of drug-likeness (QED) is 0.256. The Morgan fingerprint density at radius 2 is 1.77 bits per heavy atom. The van der Waals surface area contributed by atoms with Gasteiger partial charge in [0.25, 0.3) is 0 Å². The fourth-order valence-corrected chi connectivity index (χ4v) is 8.78. The van der Waals surface area contributed by atoms with Gasteiger partial charge in [0.1, 0.15) is 17.3 Å². The minimum atomic E-state index is -2.89. The molecule has 3 atom stereocenters. The number of carbonyl (C=O) groups is 1. The molecule has 1 saturated heterocycles. The Bertz CT molecular complexity index is 1620. The van der Waals surface area contributed by atoms with Gasteiger partial charge in [0.2, 0.25) is 0 Å². The molecule has 1 aliphatic carbocycles. The number of aryl methyl sites for hydroxylation is 3. The van der Waals surface area contributed by atoms with Crippen LogP contribution in [0.5, 0.6) is 11.5 Å². The second-order valence-corrected chi connectivity index (χ2v) is 14.7. The summed E-state index contributed by atoms with van der Waals surface area (Å²) in [5.74, 6) is 2.46. The minimum Gasteiger partial charge on any atom is -0.493 e. The van der Waals surface area contributed by atoms with Crippen molar-refractivity contribution in [3.05, 3.63) is 81.7 Å². The molecule has 44 heavy (non-hydrogen) atoms. The summed E-state index contributed by atoms with van der Waals surface area (Å²) in [7, 11) is -1.47. The molecule has 236 valence electrons. The van der Waals surface area contributed by atoms with Crippen LogP contribution in [-0.2, 0) is 25.8 Å². The number of fused-ring (bicyclic) bond motifs is 2. The smallest absolute Gasteiger partial charge is 0.306 e. The van der Waals surface area contributed by atoms with Gasteiger partial charge in [0.15, 0.2) is 9.84 Å². The lowest BCUT2D eigenvalue weighted by Gasteiger charge is -2.18. The highest BCUT2D eigenvalue weighted by Crippen LogP contribution is 2.44. The highest BCUT2D eigenvalue weighted by molar-refractivity contribution is 7.91. The van der Waals surface area contributed by atoms with Crippen molar-refractivity contribution in [1.82, 2.24) is 0 Å². The van der Waals surface area contributed by atoms with E-state index in [0.29, 0.717) is 32.0 Å². The maximum atomic E-state index is 14.5. The summed E-state index contributed by atoms with van der Waals surface area (Å²) in [5, 5.41) is 0. The van der Waals surface area contributed by atoms with Gasteiger partial charge in [-0.15, -0.1) is 0 Å². The molecule has 8 heteroatoms. The molecule has 3 aromatic carbocycles. The molecule has 2 aliphatic heterocycles. The number of sulfone groups is 1. The van der Waals surface area contributed by atoms with Crippen molar-refractivity contribution in [2.24, 2.45) is 5.92 Å². The molecule has 0 N–H and O–H groups in total. The molecule has 1 fully saturated rings. The largest absolute Gasteiger partial charge is 0.493 e. The molecule has 0 unspecified atom stereocenters. The number of esters is 1. The fourth-order valence-electron chi connectivity index (χ4n) is 6.94. The van der Waals surface area contributed by atoms with E-state index in [2.05, 4.69) is 25.5 Å². The third-order valence-corrected chi connectivity index (χ3v) is 11.1. The maximum Gasteiger partial charge on any atom is 0.306 e. The van der Waals surface area contributed by atoms with Crippen LogP contribution in [0.4, 0.5) is 4.39 Å². The van der Waals surface area contributed by atoms with Gasteiger partial charge in [-0.05, 0) is 116 Å². The van der Waals surface area contributed by atoms with Crippen molar-refractivity contribution in [2.75, 3.05) is 31.8 Å². The number of benzene rings is 3. The van der Waals surface area contributed by atoms with E-state index in [9.17, 15) is 17.6 Å². The third-order valence-electron chi connectivity index (χ3n) is 9.23. The van der Waals surface area contributed by atoms with Crippen LogP contribution in [0.25, 0.3) is 11.1 Å². The molecule has 0 bridgehead atoms. The third kappa shape index (κ3) is 6.96. The van der Waals surface area contributed by atoms with Crippen molar-refractivity contribution < 1.29 is 31.8 Å². The fraction of sp³-hybridized carbons (Fsp3) is 0.472. The molecule has 3 aromatic rings. The molecule has 0 spiro atoms. The van der Waals surface area contributed by atoms with Crippen LogP contribution in [0, 0.1) is 32.5 Å². The minimum absolute atomic E-state index is 0.0742. The zero-order chi connectivity index (χ0) is 31.6. The Morgan fingerprint density at radius 1 is 1.02 bits per heavy atom. The summed E-state index contributed by atoms with van der Waals surface area (Å²) in [6.45, 7) is 9.30. The molecule has 0 saturated carbocycles. The number of methoxy groups -OCH3 is 1.